The van der Waals surface area contributed by atoms with Crippen molar-refractivity contribution in [2.24, 2.45) is 0 Å². The van der Waals surface area contributed by atoms with E-state index in [0.717, 1.165) is 63.8 Å². The van der Waals surface area contributed by atoms with Crippen LogP contribution < -0.4 is 0 Å². The summed E-state index contributed by atoms with van der Waals surface area (Å²) in [5, 5.41) is 0.816. The van der Waals surface area contributed by atoms with E-state index in [4.69, 9.17) is 11.6 Å². The largest absolute Gasteiger partial charge is 0.326 e. The fraction of sp³-hybridized carbons (Fsp3) is 0.458. The molecule has 164 valence electrons. The van der Waals surface area contributed by atoms with Crippen molar-refractivity contribution in [3.8, 4) is 0 Å². The van der Waals surface area contributed by atoms with Crippen molar-refractivity contribution < 1.29 is 4.79 Å². The lowest BCUT2D eigenvalue weighted by Gasteiger charge is -2.40. The Kier molecular flexibility index (Phi) is 6.15. The van der Waals surface area contributed by atoms with Gasteiger partial charge < -0.3 is 9.80 Å². The Balaban J connectivity index is 1.26. The molecule has 2 aromatic carbocycles. The van der Waals surface area contributed by atoms with Crippen LogP contribution in [0.4, 0.5) is 4.79 Å². The summed E-state index contributed by atoms with van der Waals surface area (Å²) in [6, 6.07) is 15.7. The molecule has 0 bridgehead atoms. The predicted molar refractivity (Wildman–Crippen MR) is 126 cm³/mol. The zero-order valence-electron chi connectivity index (χ0n) is 18.0. The molecular formula is C24H29ClN4OS. The Morgan fingerprint density at radius 3 is 2.55 bits per heavy atom. The number of rotatable bonds is 4. The number of nitrogens with zero attached hydrogens (tertiary/aromatic N) is 4. The van der Waals surface area contributed by atoms with Gasteiger partial charge in [-0.25, -0.2) is 4.79 Å². The van der Waals surface area contributed by atoms with E-state index in [2.05, 4.69) is 46.2 Å². The third kappa shape index (κ3) is 4.44. The molecule has 7 heteroatoms. The molecule has 3 heterocycles. The molecular weight excluding hydrogens is 428 g/mol. The molecule has 2 amide bonds. The summed E-state index contributed by atoms with van der Waals surface area (Å²) in [7, 11) is 1.88. The number of amides is 2. The van der Waals surface area contributed by atoms with Gasteiger partial charge in [-0.2, -0.15) is 0 Å². The number of halogens is 1. The average Bonchev–Trinajstić information content (AvgIpc) is 3.01. The summed E-state index contributed by atoms with van der Waals surface area (Å²) in [6.07, 6.45) is 0.995. The van der Waals surface area contributed by atoms with Crippen LogP contribution in [0.5, 0.6) is 0 Å². The summed E-state index contributed by atoms with van der Waals surface area (Å²) in [4.78, 5) is 23.7. The monoisotopic (exact) mass is 456 g/mol. The van der Waals surface area contributed by atoms with Gasteiger partial charge >= 0.3 is 6.03 Å². The molecule has 2 fully saturated rings. The number of urea groups is 1. The van der Waals surface area contributed by atoms with E-state index in [1.807, 2.05) is 34.7 Å². The lowest BCUT2D eigenvalue weighted by molar-refractivity contribution is 0.0898. The predicted octanol–water partition coefficient (Wildman–Crippen LogP) is 4.07. The van der Waals surface area contributed by atoms with Crippen molar-refractivity contribution in [2.45, 2.75) is 22.3 Å². The van der Waals surface area contributed by atoms with E-state index in [0.29, 0.717) is 6.04 Å². The Morgan fingerprint density at radius 2 is 1.77 bits per heavy atom. The Morgan fingerprint density at radius 1 is 0.968 bits per heavy atom. The van der Waals surface area contributed by atoms with E-state index in [1.165, 1.54) is 20.9 Å². The summed E-state index contributed by atoms with van der Waals surface area (Å²) in [5.74, 6) is 0. The van der Waals surface area contributed by atoms with Crippen LogP contribution in [0.1, 0.15) is 17.2 Å². The van der Waals surface area contributed by atoms with Crippen molar-refractivity contribution in [1.82, 2.24) is 19.6 Å². The first-order valence-corrected chi connectivity index (χ1v) is 12.3. The van der Waals surface area contributed by atoms with E-state index < -0.39 is 0 Å². The molecule has 31 heavy (non-hydrogen) atoms. The van der Waals surface area contributed by atoms with E-state index in [-0.39, 0.29) is 6.03 Å². The topological polar surface area (TPSA) is 30.0 Å². The molecule has 0 N–H and O–H groups in total. The second-order valence-electron chi connectivity index (χ2n) is 8.68. The van der Waals surface area contributed by atoms with Gasteiger partial charge in [-0.1, -0.05) is 41.6 Å². The highest BCUT2D eigenvalue weighted by Gasteiger charge is 2.31. The molecule has 0 aromatic heterocycles. The SMILES string of the molecule is CN1CCN(CCN2CCN(C3Cc4cc(Cl)ccc4Sc4ccccc43)CC2)C1=O. The first-order valence-electron chi connectivity index (χ1n) is 11.1. The van der Waals surface area contributed by atoms with Crippen LogP contribution in [0.25, 0.3) is 0 Å². The average molecular weight is 457 g/mol. The number of fused-ring (bicyclic) bond motifs is 2. The Hall–Kier alpha value is -1.73. The van der Waals surface area contributed by atoms with E-state index in [1.54, 1.807) is 0 Å². The maximum atomic E-state index is 12.1. The lowest BCUT2D eigenvalue weighted by atomic mass is 9.96. The maximum absolute atomic E-state index is 12.1. The molecule has 0 aliphatic carbocycles. The van der Waals surface area contributed by atoms with Gasteiger partial charge in [0.05, 0.1) is 0 Å². The molecule has 2 saturated heterocycles. The zero-order valence-corrected chi connectivity index (χ0v) is 19.5. The second-order valence-corrected chi connectivity index (χ2v) is 10.2. The fourth-order valence-corrected chi connectivity index (χ4v) is 6.20. The third-order valence-corrected chi connectivity index (χ3v) is 8.21. The molecule has 3 aliphatic rings. The van der Waals surface area contributed by atoms with Crippen molar-refractivity contribution in [2.75, 3.05) is 59.4 Å². The highest BCUT2D eigenvalue weighted by molar-refractivity contribution is 7.99. The van der Waals surface area contributed by atoms with Gasteiger partial charge in [0.2, 0.25) is 0 Å². The first-order chi connectivity index (χ1) is 15.1. The molecule has 0 spiro atoms. The standard InChI is InChI=1S/C24H29ClN4OS/c1-26-8-12-29(24(26)30)15-11-27-9-13-28(14-10-27)21-17-18-16-19(25)6-7-22(18)31-23-5-3-2-4-20(21)23/h2-7,16,21H,8-15,17H2,1H3. The van der Waals surface area contributed by atoms with Gasteiger partial charge in [0, 0.05) is 80.3 Å². The van der Waals surface area contributed by atoms with Crippen LogP contribution in [0.3, 0.4) is 0 Å². The number of carbonyl (C=O) groups excluding carboxylic acids is 1. The molecule has 5 rings (SSSR count). The number of likely N-dealkylation sites (N-methyl/N-ethyl adjacent to an activating group) is 1. The van der Waals surface area contributed by atoms with Gasteiger partial charge in [0.25, 0.3) is 0 Å². The summed E-state index contributed by atoms with van der Waals surface area (Å²) in [6.45, 7) is 7.69. The molecule has 0 radical (unpaired) electrons. The number of hydrogen-bond donors (Lipinski definition) is 0. The smallest absolute Gasteiger partial charge is 0.319 e. The summed E-state index contributed by atoms with van der Waals surface area (Å²) < 4.78 is 0. The van der Waals surface area contributed by atoms with Crippen molar-refractivity contribution in [1.29, 1.82) is 0 Å². The summed E-state index contributed by atoms with van der Waals surface area (Å²) in [5.41, 5.74) is 2.77. The number of hydrogen-bond acceptors (Lipinski definition) is 4. The van der Waals surface area contributed by atoms with Crippen LogP contribution in [0, 0.1) is 0 Å². The van der Waals surface area contributed by atoms with E-state index >= 15 is 0 Å². The molecule has 5 nitrogen and oxygen atoms in total. The maximum Gasteiger partial charge on any atom is 0.319 e. The molecule has 0 saturated carbocycles. The van der Waals surface area contributed by atoms with E-state index in [9.17, 15) is 4.79 Å². The minimum absolute atomic E-state index is 0.170. The quantitative estimate of drug-likeness (QED) is 0.693. The van der Waals surface area contributed by atoms with Crippen LogP contribution in [-0.2, 0) is 6.42 Å². The van der Waals surface area contributed by atoms with Crippen molar-refractivity contribution in [3.05, 3.63) is 58.6 Å². The molecule has 1 atom stereocenters. The Bertz CT molecular complexity index is 962. The molecule has 3 aliphatic heterocycles. The van der Waals surface area contributed by atoms with Gasteiger partial charge in [-0.05, 0) is 41.8 Å². The minimum Gasteiger partial charge on any atom is -0.326 e. The van der Waals surface area contributed by atoms with Gasteiger partial charge in [0.1, 0.15) is 0 Å². The highest BCUT2D eigenvalue weighted by Crippen LogP contribution is 2.43. The van der Waals surface area contributed by atoms with Crippen LogP contribution in [-0.4, -0.2) is 85.0 Å². The molecule has 2 aromatic rings. The minimum atomic E-state index is 0.170. The van der Waals surface area contributed by atoms with Crippen molar-refractivity contribution in [3.63, 3.8) is 0 Å². The van der Waals surface area contributed by atoms with Crippen LogP contribution in [0.15, 0.2) is 52.3 Å². The number of piperazine rings is 1. The zero-order chi connectivity index (χ0) is 21.4. The normalized spacial score (nSPS) is 22.4. The number of benzene rings is 2. The second kappa shape index (κ2) is 9.02. The molecule has 1 unspecified atom stereocenters. The lowest BCUT2D eigenvalue weighted by Crippen LogP contribution is -2.50. The summed E-state index contributed by atoms with van der Waals surface area (Å²) >= 11 is 8.21. The third-order valence-electron chi connectivity index (χ3n) is 6.77. The first kappa shape index (κ1) is 21.1. The highest BCUT2D eigenvalue weighted by atomic mass is 35.5. The van der Waals surface area contributed by atoms with Gasteiger partial charge in [0.15, 0.2) is 0 Å². The van der Waals surface area contributed by atoms with Crippen molar-refractivity contribution >= 4 is 29.4 Å². The number of carbonyl (C=O) groups is 1. The van der Waals surface area contributed by atoms with Gasteiger partial charge in [-0.15, -0.1) is 0 Å². The Labute approximate surface area is 193 Å². The van der Waals surface area contributed by atoms with Gasteiger partial charge in [-0.3, -0.25) is 9.80 Å². The fourth-order valence-electron chi connectivity index (χ4n) is 4.89. The van der Waals surface area contributed by atoms with Crippen LogP contribution in [0.2, 0.25) is 5.02 Å². The van der Waals surface area contributed by atoms with Crippen LogP contribution >= 0.6 is 23.4 Å².